The molecule has 0 aliphatic carbocycles. The van der Waals surface area contributed by atoms with E-state index >= 15 is 0 Å². The van der Waals surface area contributed by atoms with Gasteiger partial charge in [-0.05, 0) is 12.1 Å². The lowest BCUT2D eigenvalue weighted by molar-refractivity contribution is 0.0591. The van der Waals surface area contributed by atoms with Gasteiger partial charge < -0.3 is 4.74 Å². The van der Waals surface area contributed by atoms with Gasteiger partial charge in [0.25, 0.3) is 0 Å². The molecule has 0 fully saturated rings. The van der Waals surface area contributed by atoms with Gasteiger partial charge in [0.15, 0.2) is 10.8 Å². The highest BCUT2D eigenvalue weighted by Crippen LogP contribution is 2.25. The Labute approximate surface area is 120 Å². The van der Waals surface area contributed by atoms with Crippen molar-refractivity contribution < 1.29 is 9.53 Å². The molecule has 0 unspecified atom stereocenters. The Kier molecular flexibility index (Phi) is 4.47. The topological polar surface area (TPSA) is 57.0 Å². The number of rotatable bonds is 2. The molecule has 0 aliphatic rings. The molecule has 0 amide bonds. The van der Waals surface area contributed by atoms with Crippen LogP contribution in [0.4, 0.5) is 0 Å². The molecular weight excluding hydrogens is 274 g/mol. The third kappa shape index (κ3) is 2.55. The number of nitrogens with zero attached hydrogens (tertiary/aromatic N) is 3. The number of aromatic nitrogens is 3. The van der Waals surface area contributed by atoms with E-state index < -0.39 is 5.97 Å². The second-order valence-electron chi connectivity index (χ2n) is 3.60. The van der Waals surface area contributed by atoms with Gasteiger partial charge in [-0.1, -0.05) is 37.3 Å². The molecule has 0 N–H and O–H groups in total. The summed E-state index contributed by atoms with van der Waals surface area (Å²) in [7, 11) is 1.35. The minimum atomic E-state index is -0.424. The maximum atomic E-state index is 11.6. The van der Waals surface area contributed by atoms with Gasteiger partial charge in [0, 0.05) is 0 Å². The summed E-state index contributed by atoms with van der Waals surface area (Å²) in [6.07, 6.45) is 3.03. The van der Waals surface area contributed by atoms with Crippen molar-refractivity contribution in [3.63, 3.8) is 0 Å². The number of esters is 1. The molecule has 0 radical (unpaired) electrons. The van der Waals surface area contributed by atoms with Gasteiger partial charge in [-0.3, -0.25) is 4.57 Å². The van der Waals surface area contributed by atoms with Gasteiger partial charge in [0.1, 0.15) is 6.33 Å². The van der Waals surface area contributed by atoms with Crippen molar-refractivity contribution in [3.05, 3.63) is 42.5 Å². The van der Waals surface area contributed by atoms with Gasteiger partial charge in [0.05, 0.1) is 23.5 Å². The maximum absolute atomic E-state index is 11.6. The van der Waals surface area contributed by atoms with E-state index in [9.17, 15) is 4.79 Å². The number of fused-ring (bicyclic) bond motifs is 1. The van der Waals surface area contributed by atoms with Crippen LogP contribution in [0.1, 0.15) is 24.3 Å². The number of methoxy groups -OCH3 is 1. The number of hydrogen-bond acceptors (Lipinski definition) is 5. The molecule has 2 aromatic heterocycles. The van der Waals surface area contributed by atoms with Gasteiger partial charge in [0.2, 0.25) is 0 Å². The number of benzene rings is 1. The van der Waals surface area contributed by atoms with Crippen molar-refractivity contribution in [2.24, 2.45) is 0 Å². The normalized spacial score (nSPS) is 9.95. The largest absolute Gasteiger partial charge is 0.464 e. The third-order valence-corrected chi connectivity index (χ3v) is 3.56. The van der Waals surface area contributed by atoms with Gasteiger partial charge in [-0.15, -0.1) is 0 Å². The predicted octanol–water partition coefficient (Wildman–Crippen LogP) is 3.29. The highest BCUT2D eigenvalue weighted by molar-refractivity contribution is 7.20. The molecule has 3 aromatic rings. The SMILES string of the molecule is CC.COC(=O)c1cncn1-c1nc2ccccc2s1. The van der Waals surface area contributed by atoms with Crippen LogP contribution in [0.15, 0.2) is 36.8 Å². The van der Waals surface area contributed by atoms with E-state index in [0.717, 1.165) is 10.2 Å². The molecule has 5 nitrogen and oxygen atoms in total. The van der Waals surface area contributed by atoms with Crippen molar-refractivity contribution in [3.8, 4) is 5.13 Å². The number of imidazole rings is 1. The van der Waals surface area contributed by atoms with Crippen molar-refractivity contribution in [1.29, 1.82) is 0 Å². The fraction of sp³-hybridized carbons (Fsp3) is 0.214. The zero-order valence-corrected chi connectivity index (χ0v) is 12.3. The van der Waals surface area contributed by atoms with E-state index in [1.807, 2.05) is 38.1 Å². The summed E-state index contributed by atoms with van der Waals surface area (Å²) in [4.78, 5) is 20.0. The molecule has 104 valence electrons. The van der Waals surface area contributed by atoms with Crippen molar-refractivity contribution in [2.45, 2.75) is 13.8 Å². The van der Waals surface area contributed by atoms with Gasteiger partial charge >= 0.3 is 5.97 Å². The van der Waals surface area contributed by atoms with Gasteiger partial charge in [-0.2, -0.15) is 0 Å². The number of hydrogen-bond donors (Lipinski definition) is 0. The lowest BCUT2D eigenvalue weighted by atomic mass is 10.3. The van der Waals surface area contributed by atoms with Crippen LogP contribution in [0, 0.1) is 0 Å². The molecule has 0 saturated heterocycles. The Hall–Kier alpha value is -2.21. The molecule has 0 atom stereocenters. The molecule has 0 spiro atoms. The van der Waals surface area contributed by atoms with Crippen LogP contribution in [0.3, 0.4) is 0 Å². The second kappa shape index (κ2) is 6.29. The fourth-order valence-electron chi connectivity index (χ4n) is 1.67. The van der Waals surface area contributed by atoms with Crippen LogP contribution in [0.2, 0.25) is 0 Å². The Morgan fingerprint density at radius 3 is 2.75 bits per heavy atom. The number of thiazole rings is 1. The highest BCUT2D eigenvalue weighted by Gasteiger charge is 2.15. The number of ether oxygens (including phenoxy) is 1. The Balaban J connectivity index is 0.000000704. The first kappa shape index (κ1) is 14.2. The summed E-state index contributed by atoms with van der Waals surface area (Å²) in [5.74, 6) is -0.424. The minimum Gasteiger partial charge on any atom is -0.464 e. The second-order valence-corrected chi connectivity index (χ2v) is 4.61. The van der Waals surface area contributed by atoms with Crippen molar-refractivity contribution in [1.82, 2.24) is 14.5 Å². The molecule has 6 heteroatoms. The summed E-state index contributed by atoms with van der Waals surface area (Å²) in [5, 5.41) is 0.703. The van der Waals surface area contributed by atoms with Crippen LogP contribution in [-0.2, 0) is 4.74 Å². The molecule has 2 heterocycles. The molecule has 0 aliphatic heterocycles. The summed E-state index contributed by atoms with van der Waals surface area (Å²) in [6.45, 7) is 4.00. The van der Waals surface area contributed by atoms with E-state index in [1.54, 1.807) is 10.9 Å². The summed E-state index contributed by atoms with van der Waals surface area (Å²) in [6, 6.07) is 7.82. The summed E-state index contributed by atoms with van der Waals surface area (Å²) >= 11 is 1.50. The molecular formula is C14H15N3O2S. The van der Waals surface area contributed by atoms with E-state index in [4.69, 9.17) is 4.74 Å². The summed E-state index contributed by atoms with van der Waals surface area (Å²) in [5.41, 5.74) is 1.28. The van der Waals surface area contributed by atoms with Crippen molar-refractivity contribution >= 4 is 27.5 Å². The van der Waals surface area contributed by atoms with Crippen LogP contribution in [0.25, 0.3) is 15.3 Å². The number of para-hydroxylation sites is 1. The average molecular weight is 289 g/mol. The van der Waals surface area contributed by atoms with Crippen LogP contribution in [-0.4, -0.2) is 27.6 Å². The minimum absolute atomic E-state index is 0.372. The first-order valence-corrected chi connectivity index (χ1v) is 7.08. The quantitative estimate of drug-likeness (QED) is 0.679. The molecule has 3 rings (SSSR count). The zero-order chi connectivity index (χ0) is 14.5. The molecule has 1 aromatic carbocycles. The maximum Gasteiger partial charge on any atom is 0.356 e. The monoisotopic (exact) mass is 289 g/mol. The van der Waals surface area contributed by atoms with Crippen LogP contribution in [0.5, 0.6) is 0 Å². The Bertz CT molecular complexity index is 685. The smallest absolute Gasteiger partial charge is 0.356 e. The zero-order valence-electron chi connectivity index (χ0n) is 11.5. The highest BCUT2D eigenvalue weighted by atomic mass is 32.1. The third-order valence-electron chi connectivity index (χ3n) is 2.52. The summed E-state index contributed by atoms with van der Waals surface area (Å²) < 4.78 is 7.41. The van der Waals surface area contributed by atoms with Crippen LogP contribution < -0.4 is 0 Å². The lowest BCUT2D eigenvalue weighted by Crippen LogP contribution is -2.08. The average Bonchev–Trinajstić information content (AvgIpc) is 3.14. The lowest BCUT2D eigenvalue weighted by Gasteiger charge is -2.01. The number of carbonyl (C=O) groups excluding carboxylic acids is 1. The van der Waals surface area contributed by atoms with E-state index in [1.165, 1.54) is 24.6 Å². The van der Waals surface area contributed by atoms with E-state index in [0.29, 0.717) is 10.8 Å². The number of carbonyl (C=O) groups is 1. The van der Waals surface area contributed by atoms with Gasteiger partial charge in [-0.25, -0.2) is 14.8 Å². The standard InChI is InChI=1S/C12H9N3O2S.C2H6/c1-17-11(16)9-6-13-7-15(9)12-14-8-4-2-3-5-10(8)18-12;1-2/h2-7H,1H3;1-2H3. The molecule has 20 heavy (non-hydrogen) atoms. The van der Waals surface area contributed by atoms with Crippen LogP contribution >= 0.6 is 11.3 Å². The van der Waals surface area contributed by atoms with E-state index in [-0.39, 0.29) is 0 Å². The first-order valence-electron chi connectivity index (χ1n) is 6.26. The fourth-order valence-corrected chi connectivity index (χ4v) is 2.62. The predicted molar refractivity (Wildman–Crippen MR) is 79.4 cm³/mol. The first-order chi connectivity index (χ1) is 9.79. The Morgan fingerprint density at radius 2 is 2.05 bits per heavy atom. The van der Waals surface area contributed by atoms with Crippen molar-refractivity contribution in [2.75, 3.05) is 7.11 Å². The molecule has 0 saturated carbocycles. The Morgan fingerprint density at radius 1 is 1.30 bits per heavy atom. The molecule has 0 bridgehead atoms. The van der Waals surface area contributed by atoms with E-state index in [2.05, 4.69) is 9.97 Å².